The number of nitrogens with zero attached hydrogens (tertiary/aromatic N) is 3. The molecule has 4 rings (SSSR count). The molecule has 1 fully saturated rings. The average Bonchev–Trinajstić information content (AvgIpc) is 3.38. The summed E-state index contributed by atoms with van der Waals surface area (Å²) in [4.78, 5) is 12.5. The lowest BCUT2D eigenvalue weighted by molar-refractivity contribution is 0.102. The molecule has 1 amide bonds. The Morgan fingerprint density at radius 1 is 1.17 bits per heavy atom. The molecule has 0 bridgehead atoms. The fourth-order valence-corrected chi connectivity index (χ4v) is 6.32. The zero-order valence-electron chi connectivity index (χ0n) is 15.9. The van der Waals surface area contributed by atoms with Crippen LogP contribution in [0, 0.1) is 0 Å². The van der Waals surface area contributed by atoms with Gasteiger partial charge < -0.3 is 5.32 Å². The van der Waals surface area contributed by atoms with Crippen molar-refractivity contribution in [2.75, 3.05) is 11.9 Å². The lowest BCUT2D eigenvalue weighted by Crippen LogP contribution is -2.31. The summed E-state index contributed by atoms with van der Waals surface area (Å²) >= 11 is 7.06. The zero-order chi connectivity index (χ0) is 21.1. The van der Waals surface area contributed by atoms with Gasteiger partial charge in [0.15, 0.2) is 0 Å². The van der Waals surface area contributed by atoms with E-state index in [1.807, 2.05) is 18.2 Å². The predicted molar refractivity (Wildman–Crippen MR) is 117 cm³/mol. The summed E-state index contributed by atoms with van der Waals surface area (Å²) in [5, 5.41) is 12.1. The minimum Gasteiger partial charge on any atom is -0.320 e. The molecule has 1 N–H and O–H groups in total. The average molecular weight is 463 g/mol. The quantitative estimate of drug-likeness (QED) is 0.595. The Morgan fingerprint density at radius 2 is 1.97 bits per heavy atom. The molecule has 0 aliphatic carbocycles. The third kappa shape index (κ3) is 4.70. The third-order valence-electron chi connectivity index (χ3n) is 4.76. The molecule has 0 saturated carbocycles. The first kappa shape index (κ1) is 20.9. The summed E-state index contributed by atoms with van der Waals surface area (Å²) in [6, 6.07) is 15.5. The smallest absolute Gasteiger partial charge is 0.286 e. The predicted octanol–water partition coefficient (Wildman–Crippen LogP) is 4.11. The van der Waals surface area contributed by atoms with Gasteiger partial charge >= 0.3 is 0 Å². The molecule has 0 spiro atoms. The molecule has 1 aliphatic heterocycles. The van der Waals surface area contributed by atoms with Crippen molar-refractivity contribution in [3.8, 4) is 0 Å². The van der Waals surface area contributed by atoms with E-state index >= 15 is 0 Å². The number of nitrogens with one attached hydrogen (secondary N) is 1. The van der Waals surface area contributed by atoms with Gasteiger partial charge in [-0.15, -0.1) is 10.2 Å². The van der Waals surface area contributed by atoms with Crippen LogP contribution in [0.2, 0.25) is 5.02 Å². The fraction of sp³-hybridized carbons (Fsp3) is 0.250. The Bertz CT molecular complexity index is 1150. The van der Waals surface area contributed by atoms with Gasteiger partial charge in [-0.2, -0.15) is 4.31 Å². The van der Waals surface area contributed by atoms with Crippen molar-refractivity contribution in [1.82, 2.24) is 14.5 Å². The molecule has 1 atom stereocenters. The van der Waals surface area contributed by atoms with Crippen LogP contribution in [0.3, 0.4) is 0 Å². The van der Waals surface area contributed by atoms with Crippen LogP contribution in [0.5, 0.6) is 0 Å². The number of halogens is 1. The number of aromatic nitrogens is 2. The van der Waals surface area contributed by atoms with Crippen LogP contribution in [0.15, 0.2) is 54.6 Å². The second kappa shape index (κ2) is 8.81. The van der Waals surface area contributed by atoms with Crippen molar-refractivity contribution >= 4 is 44.6 Å². The summed E-state index contributed by atoms with van der Waals surface area (Å²) < 4.78 is 27.5. The Labute approximate surface area is 183 Å². The maximum absolute atomic E-state index is 13.0. The van der Waals surface area contributed by atoms with Crippen LogP contribution in [0.25, 0.3) is 0 Å². The topological polar surface area (TPSA) is 92.3 Å². The van der Waals surface area contributed by atoms with Crippen LogP contribution in [0.4, 0.5) is 5.69 Å². The number of benzene rings is 2. The Kier molecular flexibility index (Phi) is 6.14. The highest BCUT2D eigenvalue weighted by molar-refractivity contribution is 7.88. The van der Waals surface area contributed by atoms with Crippen LogP contribution in [-0.2, 0) is 15.8 Å². The largest absolute Gasteiger partial charge is 0.320 e. The van der Waals surface area contributed by atoms with E-state index in [1.165, 1.54) is 4.31 Å². The van der Waals surface area contributed by atoms with E-state index < -0.39 is 22.0 Å². The Balaban J connectivity index is 1.50. The van der Waals surface area contributed by atoms with Crippen LogP contribution >= 0.6 is 22.9 Å². The van der Waals surface area contributed by atoms with Crippen molar-refractivity contribution in [2.45, 2.75) is 24.6 Å². The van der Waals surface area contributed by atoms with Crippen LogP contribution in [-0.4, -0.2) is 35.4 Å². The molecule has 1 aliphatic rings. The minimum absolute atomic E-state index is 0.0642. The Hall–Kier alpha value is -2.33. The third-order valence-corrected chi connectivity index (χ3v) is 7.86. The van der Waals surface area contributed by atoms with E-state index in [9.17, 15) is 13.2 Å². The monoisotopic (exact) mass is 462 g/mol. The highest BCUT2D eigenvalue weighted by Gasteiger charge is 2.37. The van der Waals surface area contributed by atoms with Gasteiger partial charge in [-0.25, -0.2) is 8.42 Å². The SMILES string of the molecule is O=C(Nc1cccc(Cl)c1)c1nnc([C@H]2CCCN2S(=O)(=O)Cc2ccccc2)s1. The number of rotatable bonds is 6. The molecule has 2 aromatic carbocycles. The molecular weight excluding hydrogens is 444 g/mol. The van der Waals surface area contributed by atoms with Crippen molar-refractivity contribution in [3.05, 3.63) is 75.2 Å². The second-order valence-corrected chi connectivity index (χ2v) is 10.3. The molecule has 1 saturated heterocycles. The van der Waals surface area contributed by atoms with Crippen LogP contribution < -0.4 is 5.32 Å². The second-order valence-electron chi connectivity index (χ2n) is 6.92. The summed E-state index contributed by atoms with van der Waals surface area (Å²) in [6.07, 6.45) is 1.39. The summed E-state index contributed by atoms with van der Waals surface area (Å²) in [7, 11) is -3.52. The molecular formula is C20H19ClN4O3S2. The van der Waals surface area contributed by atoms with Crippen LogP contribution in [0.1, 0.15) is 39.3 Å². The first-order chi connectivity index (χ1) is 14.4. The van der Waals surface area contributed by atoms with Crippen molar-refractivity contribution in [1.29, 1.82) is 0 Å². The summed E-state index contributed by atoms with van der Waals surface area (Å²) in [5.41, 5.74) is 1.29. The van der Waals surface area contributed by atoms with Crippen molar-refractivity contribution in [2.24, 2.45) is 0 Å². The standard InChI is InChI=1S/C20H19ClN4O3S2/c21-15-8-4-9-16(12-15)22-18(26)20-24-23-19(29-20)17-10-5-11-25(17)30(27,28)13-14-6-2-1-3-7-14/h1-4,6-9,12,17H,5,10-11,13H2,(H,22,26)/t17-/m1/s1. The van der Waals surface area contributed by atoms with E-state index in [1.54, 1.807) is 36.4 Å². The molecule has 2 heterocycles. The Morgan fingerprint density at radius 3 is 2.73 bits per heavy atom. The number of amides is 1. The fourth-order valence-electron chi connectivity index (χ4n) is 3.40. The number of carbonyl (C=O) groups excluding carboxylic acids is 1. The van der Waals surface area contributed by atoms with Gasteiger partial charge in [-0.1, -0.05) is 59.3 Å². The molecule has 0 unspecified atom stereocenters. The maximum atomic E-state index is 13.0. The highest BCUT2D eigenvalue weighted by atomic mass is 35.5. The van der Waals surface area contributed by atoms with Gasteiger partial charge in [0.25, 0.3) is 5.91 Å². The van der Waals surface area contributed by atoms with E-state index in [-0.39, 0.29) is 10.8 Å². The number of hydrogen-bond donors (Lipinski definition) is 1. The van der Waals surface area contributed by atoms with E-state index in [0.717, 1.165) is 23.3 Å². The summed E-state index contributed by atoms with van der Waals surface area (Å²) in [6.45, 7) is 0.434. The summed E-state index contributed by atoms with van der Waals surface area (Å²) in [5.74, 6) is -0.469. The van der Waals surface area contributed by atoms with Gasteiger partial charge in [0.1, 0.15) is 5.01 Å². The first-order valence-electron chi connectivity index (χ1n) is 9.36. The van der Waals surface area contributed by atoms with Gasteiger partial charge in [-0.3, -0.25) is 4.79 Å². The molecule has 0 radical (unpaired) electrons. The molecule has 30 heavy (non-hydrogen) atoms. The van der Waals surface area contributed by atoms with Gasteiger partial charge in [0.05, 0.1) is 11.8 Å². The van der Waals surface area contributed by atoms with E-state index in [4.69, 9.17) is 11.6 Å². The van der Waals surface area contributed by atoms with Crippen molar-refractivity contribution in [3.63, 3.8) is 0 Å². The number of hydrogen-bond acceptors (Lipinski definition) is 6. The first-order valence-corrected chi connectivity index (χ1v) is 12.2. The van der Waals surface area contributed by atoms with Gasteiger partial charge in [0.2, 0.25) is 15.0 Å². The molecule has 1 aromatic heterocycles. The zero-order valence-corrected chi connectivity index (χ0v) is 18.3. The van der Waals surface area contributed by atoms with Crippen molar-refractivity contribution < 1.29 is 13.2 Å². The molecule has 3 aromatic rings. The van der Waals surface area contributed by atoms with Gasteiger partial charge in [0, 0.05) is 17.3 Å². The number of anilines is 1. The molecule has 7 nitrogen and oxygen atoms in total. The maximum Gasteiger partial charge on any atom is 0.286 e. The normalized spacial score (nSPS) is 17.2. The minimum atomic E-state index is -3.52. The van der Waals surface area contributed by atoms with E-state index in [0.29, 0.717) is 28.7 Å². The van der Waals surface area contributed by atoms with E-state index in [2.05, 4.69) is 15.5 Å². The molecule has 10 heteroatoms. The number of carbonyl (C=O) groups is 1. The molecule has 156 valence electrons. The lowest BCUT2D eigenvalue weighted by Gasteiger charge is -2.22. The van der Waals surface area contributed by atoms with Gasteiger partial charge in [-0.05, 0) is 36.6 Å². The highest BCUT2D eigenvalue weighted by Crippen LogP contribution is 2.36. The number of sulfonamides is 1. The lowest BCUT2D eigenvalue weighted by atomic mass is 10.2.